The molecule has 6 heterocycles. The van der Waals surface area contributed by atoms with Crippen LogP contribution in [-0.4, -0.2) is 81.5 Å². The molecule has 2 aromatic heterocycles. The Morgan fingerprint density at radius 3 is 2.74 bits per heavy atom. The highest BCUT2D eigenvalue weighted by Crippen LogP contribution is 2.42. The molecule has 4 aromatic rings. The lowest BCUT2D eigenvalue weighted by molar-refractivity contribution is 0.107. The van der Waals surface area contributed by atoms with E-state index in [1.807, 2.05) is 24.3 Å². The number of nitrogens with one attached hydrogen (secondary N) is 1. The molecule has 2 bridgehead atoms. The summed E-state index contributed by atoms with van der Waals surface area (Å²) in [5.41, 5.74) is 0.253. The van der Waals surface area contributed by atoms with E-state index in [1.54, 1.807) is 6.07 Å². The van der Waals surface area contributed by atoms with Gasteiger partial charge < -0.3 is 20.1 Å². The van der Waals surface area contributed by atoms with Crippen molar-refractivity contribution in [3.8, 4) is 35.4 Å². The molecule has 2 unspecified atom stereocenters. The van der Waals surface area contributed by atoms with Gasteiger partial charge in [-0.25, -0.2) is 13.8 Å². The van der Waals surface area contributed by atoms with Crippen molar-refractivity contribution < 1.29 is 18.6 Å². The summed E-state index contributed by atoms with van der Waals surface area (Å²) in [7, 11) is 0. The highest BCUT2D eigenvalue weighted by molar-refractivity contribution is 6.01. The number of benzene rings is 2. The van der Waals surface area contributed by atoms with E-state index in [2.05, 4.69) is 31.0 Å². The first-order valence-corrected chi connectivity index (χ1v) is 15.0. The Kier molecular flexibility index (Phi) is 6.17. The van der Waals surface area contributed by atoms with Crippen LogP contribution in [0.2, 0.25) is 0 Å². The molecule has 0 spiro atoms. The Morgan fingerprint density at radius 1 is 1.12 bits per heavy atom. The zero-order chi connectivity index (χ0) is 29.3. The van der Waals surface area contributed by atoms with Crippen LogP contribution in [0.1, 0.15) is 37.8 Å². The maximum Gasteiger partial charge on any atom is 0.319 e. The molecule has 4 aliphatic heterocycles. The Bertz CT molecular complexity index is 1800. The molecule has 4 fully saturated rings. The van der Waals surface area contributed by atoms with Crippen molar-refractivity contribution in [1.29, 1.82) is 0 Å². The number of alkyl halides is 1. The third-order valence-corrected chi connectivity index (χ3v) is 9.73. The molecular formula is C33H32F2N6O2. The van der Waals surface area contributed by atoms with Gasteiger partial charge in [-0.15, -0.1) is 6.42 Å². The van der Waals surface area contributed by atoms with Crippen LogP contribution in [0.25, 0.3) is 32.9 Å². The summed E-state index contributed by atoms with van der Waals surface area (Å²) in [6, 6.07) is 11.2. The van der Waals surface area contributed by atoms with E-state index in [1.165, 1.54) is 6.07 Å². The summed E-state index contributed by atoms with van der Waals surface area (Å²) in [5, 5.41) is 16.0. The number of piperazine rings is 1. The van der Waals surface area contributed by atoms with Gasteiger partial charge in [0.1, 0.15) is 41.3 Å². The number of rotatable bonds is 5. The van der Waals surface area contributed by atoms with Crippen LogP contribution in [0, 0.1) is 18.2 Å². The number of ether oxygens (including phenoxy) is 1. The number of nitrogens with zero attached hydrogens (tertiary/aromatic N) is 5. The van der Waals surface area contributed by atoms with Gasteiger partial charge in [0.2, 0.25) is 0 Å². The Labute approximate surface area is 248 Å². The van der Waals surface area contributed by atoms with Crippen LogP contribution in [0.15, 0.2) is 36.4 Å². The smallest absolute Gasteiger partial charge is 0.319 e. The molecule has 2 N–H and O–H groups in total. The van der Waals surface area contributed by atoms with Gasteiger partial charge in [-0.3, -0.25) is 4.90 Å². The van der Waals surface area contributed by atoms with E-state index >= 15 is 4.39 Å². The SMILES string of the molecule is C#Cc1nc(-c2cc(O)cc3ccccc23)c(F)c2nc(OC[C@@]34CCCN3C[C@H](F)C4)nc(N3CC4CCC(C3)N4)c12. The summed E-state index contributed by atoms with van der Waals surface area (Å²) >= 11 is 0. The first-order chi connectivity index (χ1) is 20.9. The number of aromatic hydroxyl groups is 1. The fourth-order valence-corrected chi connectivity index (χ4v) is 7.82. The van der Waals surface area contributed by atoms with Crippen LogP contribution >= 0.6 is 0 Å². The molecule has 8 rings (SSSR count). The van der Waals surface area contributed by atoms with E-state index in [-0.39, 0.29) is 35.3 Å². The number of terminal acetylenes is 1. The van der Waals surface area contributed by atoms with Crippen molar-refractivity contribution in [3.63, 3.8) is 0 Å². The van der Waals surface area contributed by atoms with Crippen molar-refractivity contribution in [2.45, 2.75) is 55.9 Å². The lowest BCUT2D eigenvalue weighted by Crippen LogP contribution is -2.51. The maximum absolute atomic E-state index is 16.8. The largest absolute Gasteiger partial charge is 0.508 e. The number of halogens is 2. The molecule has 0 saturated carbocycles. The van der Waals surface area contributed by atoms with E-state index in [0.717, 1.165) is 43.0 Å². The van der Waals surface area contributed by atoms with Gasteiger partial charge in [0.15, 0.2) is 5.82 Å². The highest BCUT2D eigenvalue weighted by atomic mass is 19.1. The number of anilines is 1. The number of aromatic nitrogens is 3. The maximum atomic E-state index is 16.8. The number of pyridine rings is 1. The van der Waals surface area contributed by atoms with Gasteiger partial charge in [0.25, 0.3) is 0 Å². The van der Waals surface area contributed by atoms with Gasteiger partial charge in [0, 0.05) is 43.7 Å². The van der Waals surface area contributed by atoms with Crippen LogP contribution in [0.4, 0.5) is 14.6 Å². The summed E-state index contributed by atoms with van der Waals surface area (Å²) in [5.74, 6) is 2.49. The summed E-state index contributed by atoms with van der Waals surface area (Å²) in [4.78, 5) is 18.4. The summed E-state index contributed by atoms with van der Waals surface area (Å²) in [6.45, 7) is 2.85. The quantitative estimate of drug-likeness (QED) is 0.331. The van der Waals surface area contributed by atoms with Crippen molar-refractivity contribution in [2.24, 2.45) is 0 Å². The Hall–Kier alpha value is -4.07. The zero-order valence-electron chi connectivity index (χ0n) is 23.7. The van der Waals surface area contributed by atoms with E-state index in [9.17, 15) is 9.50 Å². The molecule has 0 radical (unpaired) electrons. The van der Waals surface area contributed by atoms with Crippen molar-refractivity contribution in [3.05, 3.63) is 47.9 Å². The van der Waals surface area contributed by atoms with Gasteiger partial charge >= 0.3 is 6.01 Å². The number of hydrogen-bond donors (Lipinski definition) is 2. The van der Waals surface area contributed by atoms with Crippen molar-refractivity contribution in [2.75, 3.05) is 37.7 Å². The predicted octanol–water partition coefficient (Wildman–Crippen LogP) is 4.57. The minimum Gasteiger partial charge on any atom is -0.508 e. The first kappa shape index (κ1) is 26.5. The molecule has 4 saturated heterocycles. The second kappa shape index (κ2) is 10.00. The van der Waals surface area contributed by atoms with E-state index in [0.29, 0.717) is 54.9 Å². The highest BCUT2D eigenvalue weighted by Gasteiger charge is 2.49. The van der Waals surface area contributed by atoms with Crippen LogP contribution < -0.4 is 15.0 Å². The average Bonchev–Trinajstić information content (AvgIpc) is 3.66. The second-order valence-electron chi connectivity index (χ2n) is 12.4. The number of fused-ring (bicyclic) bond motifs is 5. The number of hydrogen-bond acceptors (Lipinski definition) is 8. The van der Waals surface area contributed by atoms with Crippen LogP contribution in [0.3, 0.4) is 0 Å². The van der Waals surface area contributed by atoms with E-state index in [4.69, 9.17) is 16.1 Å². The van der Waals surface area contributed by atoms with Gasteiger partial charge in [0.05, 0.1) is 10.9 Å². The third-order valence-electron chi connectivity index (χ3n) is 9.73. The van der Waals surface area contributed by atoms with Crippen molar-refractivity contribution >= 4 is 27.5 Å². The van der Waals surface area contributed by atoms with Gasteiger partial charge in [-0.05, 0) is 61.1 Å². The number of phenolic OH excluding ortho intramolecular Hbond substituents is 1. The lowest BCUT2D eigenvalue weighted by atomic mass is 9.95. The minimum absolute atomic E-state index is 0.000145. The first-order valence-electron chi connectivity index (χ1n) is 15.0. The molecule has 43 heavy (non-hydrogen) atoms. The third kappa shape index (κ3) is 4.36. The molecule has 8 nitrogen and oxygen atoms in total. The molecular weight excluding hydrogens is 550 g/mol. The fraction of sp³-hybridized carbons (Fsp3) is 0.424. The second-order valence-corrected chi connectivity index (χ2v) is 12.4. The molecule has 10 heteroatoms. The molecule has 0 aliphatic carbocycles. The van der Waals surface area contributed by atoms with Gasteiger partial charge in [-0.2, -0.15) is 9.97 Å². The number of phenols is 1. The minimum atomic E-state index is -0.894. The topological polar surface area (TPSA) is 86.6 Å². The normalized spacial score (nSPS) is 26.7. The Morgan fingerprint density at radius 2 is 1.93 bits per heavy atom. The predicted molar refractivity (Wildman–Crippen MR) is 161 cm³/mol. The Balaban J connectivity index is 1.30. The molecule has 4 atom stereocenters. The zero-order valence-corrected chi connectivity index (χ0v) is 23.7. The monoisotopic (exact) mass is 582 g/mol. The van der Waals surface area contributed by atoms with Crippen LogP contribution in [-0.2, 0) is 0 Å². The standard InChI is InChI=1S/C33H32F2N6O2/c1-2-26-27-30(28(35)29(37-26)25-13-23(42)12-19-6-3-4-7-24(19)25)38-32(39-31(27)40-16-21-8-9-22(17-40)36-21)43-18-33-10-5-11-41(33)15-20(34)14-33/h1,3-4,6-7,12-13,20-22,36,42H,5,8-11,14-18H2/t20-,21?,22?,33+/m1/s1. The summed E-state index contributed by atoms with van der Waals surface area (Å²) in [6.07, 6.45) is 9.47. The molecule has 4 aliphatic rings. The lowest BCUT2D eigenvalue weighted by Gasteiger charge is -2.34. The average molecular weight is 583 g/mol. The van der Waals surface area contributed by atoms with Crippen LogP contribution in [0.5, 0.6) is 11.8 Å². The van der Waals surface area contributed by atoms with E-state index < -0.39 is 17.5 Å². The van der Waals surface area contributed by atoms with Crippen molar-refractivity contribution in [1.82, 2.24) is 25.2 Å². The fourth-order valence-electron chi connectivity index (χ4n) is 7.82. The van der Waals surface area contributed by atoms with Gasteiger partial charge in [-0.1, -0.05) is 24.3 Å². The molecule has 2 aromatic carbocycles. The molecule has 220 valence electrons. The summed E-state index contributed by atoms with van der Waals surface area (Å²) < 4.78 is 37.5. The molecule has 0 amide bonds.